The Morgan fingerprint density at radius 1 is 0.750 bits per heavy atom. The number of carbonyl (C=O) groups is 2. The van der Waals surface area contributed by atoms with E-state index in [0.717, 1.165) is 35.8 Å². The highest BCUT2D eigenvalue weighted by Gasteiger charge is 2.22. The van der Waals surface area contributed by atoms with Crippen LogP contribution < -0.4 is 0 Å². The number of rotatable bonds is 10. The summed E-state index contributed by atoms with van der Waals surface area (Å²) in [6.07, 6.45) is 8.03. The fourth-order valence-corrected chi connectivity index (χ4v) is 2.66. The van der Waals surface area contributed by atoms with E-state index in [2.05, 4.69) is 0 Å². The van der Waals surface area contributed by atoms with Crippen LogP contribution in [0.2, 0.25) is 0 Å². The van der Waals surface area contributed by atoms with Gasteiger partial charge in [-0.2, -0.15) is 0 Å². The molecule has 0 saturated heterocycles. The van der Waals surface area contributed by atoms with Crippen LogP contribution in [0.25, 0.3) is 0 Å². The first kappa shape index (κ1) is 17.0. The van der Waals surface area contributed by atoms with Gasteiger partial charge in [-0.1, -0.05) is 49.9 Å². The third-order valence-electron chi connectivity index (χ3n) is 4.73. The highest BCUT2D eigenvalue weighted by molar-refractivity contribution is 5.69. The van der Waals surface area contributed by atoms with Gasteiger partial charge in [0.05, 0.1) is 0 Å². The van der Waals surface area contributed by atoms with Crippen LogP contribution in [0.4, 0.5) is 0 Å². The van der Waals surface area contributed by atoms with Crippen LogP contribution in [0.1, 0.15) is 62.5 Å². The van der Waals surface area contributed by atoms with Gasteiger partial charge in [0, 0.05) is 12.8 Å². The lowest BCUT2D eigenvalue weighted by Gasteiger charge is -2.07. The fourth-order valence-electron chi connectivity index (χ4n) is 2.66. The lowest BCUT2D eigenvalue weighted by Crippen LogP contribution is -2.06. The molecule has 0 aromatic heterocycles. The maximum atomic E-state index is 11.6. The predicted octanol–water partition coefficient (Wildman–Crippen LogP) is 4.15. The van der Waals surface area contributed by atoms with Gasteiger partial charge in [-0.25, -0.2) is 0 Å². The largest absolute Gasteiger partial charge is 0.461 e. The second-order valence-corrected chi connectivity index (χ2v) is 7.10. The molecule has 2 fully saturated rings. The molecule has 130 valence electrons. The van der Waals surface area contributed by atoms with Gasteiger partial charge < -0.3 is 9.47 Å². The summed E-state index contributed by atoms with van der Waals surface area (Å²) < 4.78 is 10.6. The molecule has 0 aliphatic heterocycles. The molecule has 4 nitrogen and oxygen atoms in total. The molecular weight excluding hydrogens is 304 g/mol. The second kappa shape index (κ2) is 8.32. The van der Waals surface area contributed by atoms with E-state index in [1.807, 2.05) is 24.3 Å². The van der Waals surface area contributed by atoms with Crippen molar-refractivity contribution in [1.29, 1.82) is 0 Å². The summed E-state index contributed by atoms with van der Waals surface area (Å²) in [6, 6.07) is 7.67. The molecule has 3 rings (SSSR count). The molecule has 24 heavy (non-hydrogen) atoms. The quantitative estimate of drug-likeness (QED) is 0.605. The summed E-state index contributed by atoms with van der Waals surface area (Å²) >= 11 is 0. The number of ether oxygens (including phenoxy) is 2. The van der Waals surface area contributed by atoms with Gasteiger partial charge in [-0.15, -0.1) is 0 Å². The highest BCUT2D eigenvalue weighted by Crippen LogP contribution is 2.34. The van der Waals surface area contributed by atoms with E-state index < -0.39 is 0 Å². The first-order chi connectivity index (χ1) is 11.7. The average Bonchev–Trinajstić information content (AvgIpc) is 3.49. The minimum absolute atomic E-state index is 0.115. The number of benzene rings is 1. The molecule has 0 unspecified atom stereocenters. The molecular formula is C20H26O4. The third-order valence-corrected chi connectivity index (χ3v) is 4.73. The van der Waals surface area contributed by atoms with E-state index >= 15 is 0 Å². The van der Waals surface area contributed by atoms with Crippen molar-refractivity contribution in [2.45, 2.75) is 64.6 Å². The Hall–Kier alpha value is -1.84. The Kier molecular flexibility index (Phi) is 5.89. The van der Waals surface area contributed by atoms with Crippen molar-refractivity contribution in [2.75, 3.05) is 0 Å². The Bertz CT molecular complexity index is 505. The Morgan fingerprint density at radius 2 is 1.12 bits per heavy atom. The zero-order chi connectivity index (χ0) is 16.8. The number of hydrogen-bond donors (Lipinski definition) is 0. The lowest BCUT2D eigenvalue weighted by atomic mass is 10.1. The summed E-state index contributed by atoms with van der Waals surface area (Å²) in [4.78, 5) is 23.3. The van der Waals surface area contributed by atoms with E-state index in [-0.39, 0.29) is 11.9 Å². The van der Waals surface area contributed by atoms with Crippen molar-refractivity contribution in [3.8, 4) is 0 Å². The van der Waals surface area contributed by atoms with Gasteiger partial charge in [-0.05, 0) is 35.8 Å². The van der Waals surface area contributed by atoms with E-state index in [9.17, 15) is 9.59 Å². The monoisotopic (exact) mass is 330 g/mol. The van der Waals surface area contributed by atoms with Crippen LogP contribution in [0.15, 0.2) is 24.3 Å². The second-order valence-electron chi connectivity index (χ2n) is 7.10. The topological polar surface area (TPSA) is 52.6 Å². The molecule has 0 atom stereocenters. The van der Waals surface area contributed by atoms with Crippen LogP contribution in [0.3, 0.4) is 0 Å². The molecule has 2 aliphatic carbocycles. The first-order valence-electron chi connectivity index (χ1n) is 9.08. The SMILES string of the molecule is O=C(CCC1CC1)OCc1ccc(COC(=O)CCC2CC2)cc1. The predicted molar refractivity (Wildman–Crippen MR) is 90.0 cm³/mol. The molecule has 4 heteroatoms. The standard InChI is InChI=1S/C20H26O4/c21-19(11-9-15-1-2-15)23-13-17-5-7-18(8-6-17)14-24-20(22)12-10-16-3-4-16/h5-8,15-16H,1-4,9-14H2. The molecule has 2 saturated carbocycles. The Morgan fingerprint density at radius 3 is 1.46 bits per heavy atom. The van der Waals surface area contributed by atoms with E-state index in [1.54, 1.807) is 0 Å². The molecule has 2 aliphatic rings. The number of hydrogen-bond acceptors (Lipinski definition) is 4. The Balaban J connectivity index is 1.31. The van der Waals surface area contributed by atoms with Crippen molar-refractivity contribution in [1.82, 2.24) is 0 Å². The maximum Gasteiger partial charge on any atom is 0.306 e. The molecule has 0 heterocycles. The van der Waals surface area contributed by atoms with Crippen LogP contribution in [-0.4, -0.2) is 11.9 Å². The normalized spacial score (nSPS) is 16.7. The van der Waals surface area contributed by atoms with Crippen molar-refractivity contribution >= 4 is 11.9 Å². The first-order valence-corrected chi connectivity index (χ1v) is 9.08. The van der Waals surface area contributed by atoms with Crippen molar-refractivity contribution < 1.29 is 19.1 Å². The third kappa shape index (κ3) is 6.34. The lowest BCUT2D eigenvalue weighted by molar-refractivity contribution is -0.146. The van der Waals surface area contributed by atoms with E-state index in [1.165, 1.54) is 25.7 Å². The van der Waals surface area contributed by atoms with Crippen LogP contribution in [0.5, 0.6) is 0 Å². The van der Waals surface area contributed by atoms with Gasteiger partial charge >= 0.3 is 11.9 Å². The zero-order valence-corrected chi connectivity index (χ0v) is 14.2. The van der Waals surface area contributed by atoms with Crippen LogP contribution in [-0.2, 0) is 32.3 Å². The average molecular weight is 330 g/mol. The van der Waals surface area contributed by atoms with Crippen molar-refractivity contribution in [3.05, 3.63) is 35.4 Å². The Labute approximate surface area is 143 Å². The summed E-state index contributed by atoms with van der Waals surface area (Å²) in [6.45, 7) is 0.621. The molecule has 0 N–H and O–H groups in total. The number of carbonyl (C=O) groups excluding carboxylic acids is 2. The molecule has 0 spiro atoms. The van der Waals surface area contributed by atoms with Crippen LogP contribution in [0, 0.1) is 11.8 Å². The highest BCUT2D eigenvalue weighted by atomic mass is 16.5. The molecule has 0 amide bonds. The van der Waals surface area contributed by atoms with E-state index in [0.29, 0.717) is 26.1 Å². The van der Waals surface area contributed by atoms with E-state index in [4.69, 9.17) is 9.47 Å². The summed E-state index contributed by atoms with van der Waals surface area (Å²) in [5.74, 6) is 1.28. The van der Waals surface area contributed by atoms with Gasteiger partial charge in [0.15, 0.2) is 0 Å². The fraction of sp³-hybridized carbons (Fsp3) is 0.600. The minimum atomic E-state index is -0.115. The number of esters is 2. The molecule has 0 bridgehead atoms. The maximum absolute atomic E-state index is 11.6. The summed E-state index contributed by atoms with van der Waals surface area (Å²) in [5.41, 5.74) is 1.91. The van der Waals surface area contributed by atoms with Crippen molar-refractivity contribution in [2.24, 2.45) is 11.8 Å². The molecule has 0 radical (unpaired) electrons. The van der Waals surface area contributed by atoms with Gasteiger partial charge in [0.25, 0.3) is 0 Å². The van der Waals surface area contributed by atoms with Crippen LogP contribution >= 0.6 is 0 Å². The summed E-state index contributed by atoms with van der Waals surface area (Å²) in [5, 5.41) is 0. The molecule has 1 aromatic rings. The van der Waals surface area contributed by atoms with Gasteiger partial charge in [-0.3, -0.25) is 9.59 Å². The molecule has 1 aromatic carbocycles. The smallest absolute Gasteiger partial charge is 0.306 e. The van der Waals surface area contributed by atoms with Gasteiger partial charge in [0.2, 0.25) is 0 Å². The minimum Gasteiger partial charge on any atom is -0.461 e. The van der Waals surface area contributed by atoms with Crippen molar-refractivity contribution in [3.63, 3.8) is 0 Å². The van der Waals surface area contributed by atoms with Gasteiger partial charge in [0.1, 0.15) is 13.2 Å². The zero-order valence-electron chi connectivity index (χ0n) is 14.2. The summed E-state index contributed by atoms with van der Waals surface area (Å²) in [7, 11) is 0.